The average molecular weight is 467 g/mol. The first kappa shape index (κ1) is 23.6. The molecule has 31 heavy (non-hydrogen) atoms. The molecular formula is C22H28Cl2N4O3. The topological polar surface area (TPSA) is 87.6 Å². The summed E-state index contributed by atoms with van der Waals surface area (Å²) in [5.41, 5.74) is 3.13. The molecule has 1 amide bonds. The highest BCUT2D eigenvalue weighted by atomic mass is 35.5. The van der Waals surface area contributed by atoms with Crippen molar-refractivity contribution >= 4 is 35.1 Å². The fraction of sp³-hybridized carbons (Fsp3) is 0.500. The Kier molecular flexibility index (Phi) is 7.97. The Morgan fingerprint density at radius 1 is 1.19 bits per heavy atom. The number of likely N-dealkylation sites (tertiary alicyclic amines) is 1. The first-order chi connectivity index (χ1) is 14.9. The Bertz CT molecular complexity index is 941. The minimum absolute atomic E-state index is 0.197. The Balaban J connectivity index is 1.94. The van der Waals surface area contributed by atoms with Gasteiger partial charge in [-0.05, 0) is 37.5 Å². The number of anilines is 1. The van der Waals surface area contributed by atoms with Crippen molar-refractivity contribution in [2.45, 2.75) is 52.2 Å². The molecule has 0 aliphatic carbocycles. The molecule has 9 heteroatoms. The van der Waals surface area contributed by atoms with E-state index in [9.17, 15) is 9.90 Å². The zero-order valence-electron chi connectivity index (χ0n) is 18.0. The molecule has 0 radical (unpaired) electrons. The molecule has 0 bridgehead atoms. The lowest BCUT2D eigenvalue weighted by Gasteiger charge is -2.22. The second-order valence-electron chi connectivity index (χ2n) is 7.49. The number of nitrogens with zero attached hydrogens (tertiary/aromatic N) is 3. The highest BCUT2D eigenvalue weighted by Gasteiger charge is 2.36. The average Bonchev–Trinajstić information content (AvgIpc) is 3.15. The highest BCUT2D eigenvalue weighted by molar-refractivity contribution is 6.36. The summed E-state index contributed by atoms with van der Waals surface area (Å²) in [5.74, 6) is 0.663. The predicted octanol–water partition coefficient (Wildman–Crippen LogP) is 5.14. The van der Waals surface area contributed by atoms with Crippen LogP contribution >= 0.6 is 23.2 Å². The maximum Gasteiger partial charge on any atom is 0.407 e. The molecule has 0 spiro atoms. The molecule has 0 saturated carbocycles. The Hall–Kier alpha value is -2.09. The number of halogens is 2. The molecule has 7 nitrogen and oxygen atoms in total. The molecule has 168 valence electrons. The Morgan fingerprint density at radius 2 is 1.94 bits per heavy atom. The van der Waals surface area contributed by atoms with Gasteiger partial charge >= 0.3 is 6.09 Å². The third kappa shape index (κ3) is 5.40. The number of carboxylic acid groups (broad SMARTS) is 1. The van der Waals surface area contributed by atoms with E-state index in [1.165, 1.54) is 4.90 Å². The fourth-order valence-electron chi connectivity index (χ4n) is 3.69. The fourth-order valence-corrected chi connectivity index (χ4v) is 4.19. The molecule has 1 aliphatic heterocycles. The number of rotatable bonds is 8. The molecule has 3 rings (SSSR count). The number of aromatic nitrogens is 2. The zero-order chi connectivity index (χ0) is 22.5. The van der Waals surface area contributed by atoms with Crippen LogP contribution in [0.15, 0.2) is 18.2 Å². The quantitative estimate of drug-likeness (QED) is 0.559. The highest BCUT2D eigenvalue weighted by Crippen LogP contribution is 2.33. The van der Waals surface area contributed by atoms with E-state index in [-0.39, 0.29) is 12.1 Å². The number of benzene rings is 1. The molecule has 2 aromatic rings. The van der Waals surface area contributed by atoms with Crippen molar-refractivity contribution in [3.63, 3.8) is 0 Å². The second-order valence-corrected chi connectivity index (χ2v) is 8.34. The lowest BCUT2D eigenvalue weighted by atomic mass is 10.1. The van der Waals surface area contributed by atoms with Crippen molar-refractivity contribution in [2.24, 2.45) is 0 Å². The van der Waals surface area contributed by atoms with Gasteiger partial charge in [0.25, 0.3) is 0 Å². The molecule has 1 aromatic carbocycles. The molecule has 2 atom stereocenters. The largest absolute Gasteiger partial charge is 0.465 e. The summed E-state index contributed by atoms with van der Waals surface area (Å²) in [6.07, 6.45) is 1.01. The maximum absolute atomic E-state index is 11.5. The lowest BCUT2D eigenvalue weighted by molar-refractivity contribution is 0.0541. The third-order valence-corrected chi connectivity index (χ3v) is 5.84. The van der Waals surface area contributed by atoms with Crippen LogP contribution in [-0.2, 0) is 17.6 Å². The minimum atomic E-state index is -0.946. The number of hydrogen-bond acceptors (Lipinski definition) is 5. The van der Waals surface area contributed by atoms with Crippen molar-refractivity contribution in [1.29, 1.82) is 0 Å². The van der Waals surface area contributed by atoms with E-state index in [1.54, 1.807) is 12.1 Å². The van der Waals surface area contributed by atoms with Gasteiger partial charge in [-0.25, -0.2) is 14.8 Å². The van der Waals surface area contributed by atoms with Crippen LogP contribution in [0.25, 0.3) is 11.3 Å². The minimum Gasteiger partial charge on any atom is -0.465 e. The summed E-state index contributed by atoms with van der Waals surface area (Å²) in [6.45, 7) is 7.30. The summed E-state index contributed by atoms with van der Waals surface area (Å²) in [7, 11) is 0. The second kappa shape index (κ2) is 10.5. The van der Waals surface area contributed by atoms with E-state index in [0.29, 0.717) is 48.4 Å². The van der Waals surface area contributed by atoms with Gasteiger partial charge in [-0.1, -0.05) is 44.0 Å². The smallest absolute Gasteiger partial charge is 0.407 e. The molecular weight excluding hydrogens is 439 g/mol. The first-order valence-electron chi connectivity index (χ1n) is 10.6. The Labute approximate surface area is 192 Å². The molecule has 1 aromatic heterocycles. The van der Waals surface area contributed by atoms with E-state index in [4.69, 9.17) is 37.9 Å². The van der Waals surface area contributed by atoms with Crippen molar-refractivity contribution in [3.05, 3.63) is 39.6 Å². The van der Waals surface area contributed by atoms with Crippen molar-refractivity contribution in [2.75, 3.05) is 25.0 Å². The zero-order valence-corrected chi connectivity index (χ0v) is 19.5. The van der Waals surface area contributed by atoms with Crippen LogP contribution in [0, 0.1) is 0 Å². The van der Waals surface area contributed by atoms with E-state index in [0.717, 1.165) is 29.1 Å². The standard InChI is InChI=1S/C22H28Cl2N4O3/c1-4-9-31-19-12-28(22(29)30)11-18(19)27-21-17(6-3)25-20(16(5-2)26-21)14-8-7-13(23)10-15(14)24/h7-8,10,18-19H,4-6,9,11-12H2,1-3H3,(H,26,27)(H,29,30)/t18-,19+/m1/s1. The van der Waals surface area contributed by atoms with Crippen LogP contribution in [0.4, 0.5) is 10.6 Å². The van der Waals surface area contributed by atoms with Gasteiger partial charge in [-0.3, -0.25) is 0 Å². The van der Waals surface area contributed by atoms with Crippen molar-refractivity contribution < 1.29 is 14.6 Å². The monoisotopic (exact) mass is 466 g/mol. The third-order valence-electron chi connectivity index (χ3n) is 5.29. The van der Waals surface area contributed by atoms with E-state index in [1.807, 2.05) is 26.8 Å². The van der Waals surface area contributed by atoms with Crippen LogP contribution in [0.1, 0.15) is 38.6 Å². The molecule has 2 N–H and O–H groups in total. The van der Waals surface area contributed by atoms with Gasteiger partial charge in [0.05, 0.1) is 40.8 Å². The number of aryl methyl sites for hydroxylation is 2. The molecule has 1 aliphatic rings. The van der Waals surface area contributed by atoms with Crippen molar-refractivity contribution in [1.82, 2.24) is 14.9 Å². The summed E-state index contributed by atoms with van der Waals surface area (Å²) >= 11 is 12.5. The van der Waals surface area contributed by atoms with Gasteiger partial charge < -0.3 is 20.1 Å². The number of amides is 1. The van der Waals surface area contributed by atoms with Crippen LogP contribution < -0.4 is 5.32 Å². The van der Waals surface area contributed by atoms with Gasteiger partial charge in [-0.2, -0.15) is 0 Å². The molecule has 1 fully saturated rings. The first-order valence-corrected chi connectivity index (χ1v) is 11.3. The number of ether oxygens (including phenoxy) is 1. The lowest BCUT2D eigenvalue weighted by Crippen LogP contribution is -2.35. The van der Waals surface area contributed by atoms with Gasteiger partial charge in [0.15, 0.2) is 0 Å². The normalized spacial score (nSPS) is 18.4. The number of nitrogens with one attached hydrogen (secondary N) is 1. The van der Waals surface area contributed by atoms with Crippen LogP contribution in [0.5, 0.6) is 0 Å². The maximum atomic E-state index is 11.5. The number of hydrogen-bond donors (Lipinski definition) is 2. The SMILES string of the molecule is CCCO[C@H]1CN(C(=O)O)C[C@H]1Nc1nc(CC)c(-c2ccc(Cl)cc2Cl)nc1CC. The van der Waals surface area contributed by atoms with Crippen LogP contribution in [-0.4, -0.2) is 57.9 Å². The summed E-state index contributed by atoms with van der Waals surface area (Å²) < 4.78 is 5.92. The summed E-state index contributed by atoms with van der Waals surface area (Å²) in [6, 6.07) is 5.15. The molecule has 1 saturated heterocycles. The predicted molar refractivity (Wildman–Crippen MR) is 123 cm³/mol. The summed E-state index contributed by atoms with van der Waals surface area (Å²) in [4.78, 5) is 22.6. The van der Waals surface area contributed by atoms with Gasteiger partial charge in [0, 0.05) is 23.7 Å². The number of carbonyl (C=O) groups is 1. The van der Waals surface area contributed by atoms with E-state index >= 15 is 0 Å². The van der Waals surface area contributed by atoms with Crippen LogP contribution in [0.2, 0.25) is 10.0 Å². The van der Waals surface area contributed by atoms with Crippen LogP contribution in [0.3, 0.4) is 0 Å². The van der Waals surface area contributed by atoms with Crippen molar-refractivity contribution in [3.8, 4) is 11.3 Å². The summed E-state index contributed by atoms with van der Waals surface area (Å²) in [5, 5.41) is 13.9. The van der Waals surface area contributed by atoms with E-state index < -0.39 is 6.09 Å². The Morgan fingerprint density at radius 3 is 2.55 bits per heavy atom. The molecule has 0 unspecified atom stereocenters. The van der Waals surface area contributed by atoms with Gasteiger partial charge in [-0.15, -0.1) is 0 Å². The van der Waals surface area contributed by atoms with E-state index in [2.05, 4.69) is 5.32 Å². The molecule has 2 heterocycles. The van der Waals surface area contributed by atoms with Gasteiger partial charge in [0.2, 0.25) is 0 Å². The van der Waals surface area contributed by atoms with Gasteiger partial charge in [0.1, 0.15) is 5.82 Å².